The third-order valence-electron chi connectivity index (χ3n) is 4.47. The molecule has 0 radical (unpaired) electrons. The molecular weight excluding hydrogens is 372 g/mol. The highest BCUT2D eigenvalue weighted by molar-refractivity contribution is 6.33. The molecule has 0 saturated carbocycles. The lowest BCUT2D eigenvalue weighted by atomic mass is 10.1. The first-order valence-electron chi connectivity index (χ1n) is 9.01. The van der Waals surface area contributed by atoms with E-state index >= 15 is 0 Å². The van der Waals surface area contributed by atoms with Crippen molar-refractivity contribution < 1.29 is 9.63 Å². The van der Waals surface area contributed by atoms with Crippen LogP contribution in [0.1, 0.15) is 11.1 Å². The van der Waals surface area contributed by atoms with Gasteiger partial charge in [0.15, 0.2) is 0 Å². The summed E-state index contributed by atoms with van der Waals surface area (Å²) in [5.41, 5.74) is 3.52. The van der Waals surface area contributed by atoms with Gasteiger partial charge in [0.2, 0.25) is 5.91 Å². The fourth-order valence-electron chi connectivity index (χ4n) is 3.11. The Balaban J connectivity index is 1.54. The third kappa shape index (κ3) is 4.02. The maximum absolute atomic E-state index is 12.5. The summed E-state index contributed by atoms with van der Waals surface area (Å²) >= 11 is 6.13. The van der Waals surface area contributed by atoms with Gasteiger partial charge in [0, 0.05) is 11.6 Å². The molecule has 1 N–H and O–H groups in total. The van der Waals surface area contributed by atoms with Crippen molar-refractivity contribution in [1.29, 1.82) is 0 Å². The Morgan fingerprint density at radius 3 is 2.46 bits per heavy atom. The van der Waals surface area contributed by atoms with Gasteiger partial charge in [0.05, 0.1) is 22.6 Å². The molecule has 0 aliphatic carbocycles. The topological polar surface area (TPSA) is 43.3 Å². The first-order valence-corrected chi connectivity index (χ1v) is 9.39. The quantitative estimate of drug-likeness (QED) is 0.497. The number of nitrogens with zero attached hydrogens (tertiary/aromatic N) is 1. The Morgan fingerprint density at radius 2 is 1.64 bits per heavy atom. The number of carbonyl (C=O) groups is 1. The van der Waals surface area contributed by atoms with Gasteiger partial charge < -0.3 is 10.2 Å². The number of nitrogens with one attached hydrogen (secondary N) is 1. The summed E-state index contributed by atoms with van der Waals surface area (Å²) in [4.78, 5) is 18.5. The lowest BCUT2D eigenvalue weighted by Gasteiger charge is -2.08. The van der Waals surface area contributed by atoms with E-state index in [4.69, 9.17) is 16.4 Å². The zero-order valence-electron chi connectivity index (χ0n) is 15.1. The van der Waals surface area contributed by atoms with Crippen molar-refractivity contribution in [3.8, 4) is 0 Å². The van der Waals surface area contributed by atoms with E-state index in [1.807, 2.05) is 72.9 Å². The van der Waals surface area contributed by atoms with Crippen LogP contribution in [0.15, 0.2) is 85.1 Å². The van der Waals surface area contributed by atoms with Crippen molar-refractivity contribution in [3.63, 3.8) is 0 Å². The number of halogens is 1. The normalized spacial score (nSPS) is 10.8. The Kier molecular flexibility index (Phi) is 5.31. The molecule has 0 aliphatic heterocycles. The molecule has 0 fully saturated rings. The second kappa shape index (κ2) is 8.19. The molecule has 0 spiro atoms. The van der Waals surface area contributed by atoms with Crippen molar-refractivity contribution in [2.45, 2.75) is 13.0 Å². The molecule has 1 amide bonds. The van der Waals surface area contributed by atoms with Crippen molar-refractivity contribution in [2.75, 3.05) is 5.32 Å². The van der Waals surface area contributed by atoms with E-state index in [0.29, 0.717) is 17.3 Å². The van der Waals surface area contributed by atoms with E-state index in [1.54, 1.807) is 16.9 Å². The van der Waals surface area contributed by atoms with Crippen LogP contribution in [0.4, 0.5) is 5.69 Å². The van der Waals surface area contributed by atoms with E-state index in [2.05, 4.69) is 5.32 Å². The molecule has 4 rings (SSSR count). The Bertz CT molecular complexity index is 1110. The summed E-state index contributed by atoms with van der Waals surface area (Å²) in [5, 5.41) is 4.38. The van der Waals surface area contributed by atoms with E-state index in [-0.39, 0.29) is 12.3 Å². The number of carbonyl (C=O) groups excluding carboxylic acids is 1. The molecule has 0 unspecified atom stereocenters. The van der Waals surface area contributed by atoms with Gasteiger partial charge in [-0.3, -0.25) is 4.79 Å². The monoisotopic (exact) mass is 390 g/mol. The van der Waals surface area contributed by atoms with Gasteiger partial charge in [-0.1, -0.05) is 72.3 Å². The maximum atomic E-state index is 12.5. The molecule has 1 aromatic heterocycles. The number of hydrogen-bond acceptors (Lipinski definition) is 2. The van der Waals surface area contributed by atoms with Gasteiger partial charge >= 0.3 is 0 Å². The standard InChI is InChI=1S/C23H19ClN2O2/c24-20-11-5-6-12-21(20)25-23(27)14-18-15-26(22-13-7-4-10-19(18)22)28-16-17-8-2-1-3-9-17/h1-13,15H,14,16H2,(H,25,27). The van der Waals surface area contributed by atoms with E-state index < -0.39 is 0 Å². The molecule has 140 valence electrons. The van der Waals surface area contributed by atoms with Crippen LogP contribution in [-0.4, -0.2) is 10.6 Å². The number of anilines is 1. The molecule has 4 aromatic rings. The van der Waals surface area contributed by atoms with Gasteiger partial charge in [0.25, 0.3) is 0 Å². The molecule has 5 heteroatoms. The van der Waals surface area contributed by atoms with Crippen molar-refractivity contribution >= 4 is 34.1 Å². The Morgan fingerprint density at radius 1 is 0.929 bits per heavy atom. The summed E-state index contributed by atoms with van der Waals surface area (Å²) in [6.07, 6.45) is 2.10. The third-order valence-corrected chi connectivity index (χ3v) is 4.80. The summed E-state index contributed by atoms with van der Waals surface area (Å²) in [5.74, 6) is -0.126. The zero-order chi connectivity index (χ0) is 19.3. The number of fused-ring (bicyclic) bond motifs is 1. The minimum absolute atomic E-state index is 0.126. The molecular formula is C23H19ClN2O2. The molecule has 0 aliphatic rings. The summed E-state index contributed by atoms with van der Waals surface area (Å²) in [6, 6.07) is 25.1. The summed E-state index contributed by atoms with van der Waals surface area (Å²) in [6.45, 7) is 0.449. The molecule has 0 bridgehead atoms. The van der Waals surface area contributed by atoms with E-state index in [1.165, 1.54) is 0 Å². The fourth-order valence-corrected chi connectivity index (χ4v) is 3.30. The first kappa shape index (κ1) is 18.1. The second-order valence-corrected chi connectivity index (χ2v) is 6.87. The van der Waals surface area contributed by atoms with Crippen molar-refractivity contribution in [2.24, 2.45) is 0 Å². The molecule has 0 atom stereocenters. The van der Waals surface area contributed by atoms with E-state index in [0.717, 1.165) is 22.0 Å². The van der Waals surface area contributed by atoms with Crippen molar-refractivity contribution in [3.05, 3.63) is 101 Å². The number of amides is 1. The molecule has 3 aromatic carbocycles. The smallest absolute Gasteiger partial charge is 0.228 e. The number of hydrogen-bond donors (Lipinski definition) is 1. The Labute approximate surface area is 168 Å². The highest BCUT2D eigenvalue weighted by Crippen LogP contribution is 2.23. The number of rotatable bonds is 6. The summed E-state index contributed by atoms with van der Waals surface area (Å²) < 4.78 is 1.74. The van der Waals surface area contributed by atoms with Gasteiger partial charge in [-0.05, 0) is 29.3 Å². The fraction of sp³-hybridized carbons (Fsp3) is 0.0870. The van der Waals surface area contributed by atoms with Crippen LogP contribution in [0.25, 0.3) is 10.9 Å². The highest BCUT2D eigenvalue weighted by atomic mass is 35.5. The number of aromatic nitrogens is 1. The first-order chi connectivity index (χ1) is 13.7. The largest absolute Gasteiger partial charge is 0.409 e. The minimum atomic E-state index is -0.126. The maximum Gasteiger partial charge on any atom is 0.228 e. The van der Waals surface area contributed by atoms with Crippen LogP contribution in [0, 0.1) is 0 Å². The van der Waals surface area contributed by atoms with Crippen LogP contribution in [0.3, 0.4) is 0 Å². The van der Waals surface area contributed by atoms with E-state index in [9.17, 15) is 4.79 Å². The van der Waals surface area contributed by atoms with Gasteiger partial charge in [-0.15, -0.1) is 0 Å². The van der Waals surface area contributed by atoms with Gasteiger partial charge in [-0.2, -0.15) is 4.73 Å². The minimum Gasteiger partial charge on any atom is -0.409 e. The van der Waals surface area contributed by atoms with Crippen LogP contribution < -0.4 is 10.2 Å². The Hall–Kier alpha value is -3.24. The average Bonchev–Trinajstić information content (AvgIpc) is 3.06. The van der Waals surface area contributed by atoms with Crippen LogP contribution >= 0.6 is 11.6 Å². The molecule has 0 saturated heterocycles. The second-order valence-electron chi connectivity index (χ2n) is 6.46. The van der Waals surface area contributed by atoms with Crippen LogP contribution in [0.5, 0.6) is 0 Å². The number of benzene rings is 3. The predicted octanol–water partition coefficient (Wildman–Crippen LogP) is 5.10. The molecule has 1 heterocycles. The predicted molar refractivity (Wildman–Crippen MR) is 112 cm³/mol. The number of para-hydroxylation sites is 2. The molecule has 4 nitrogen and oxygen atoms in total. The highest BCUT2D eigenvalue weighted by Gasteiger charge is 2.13. The van der Waals surface area contributed by atoms with Crippen LogP contribution in [-0.2, 0) is 17.8 Å². The van der Waals surface area contributed by atoms with Gasteiger partial charge in [-0.25, -0.2) is 0 Å². The van der Waals surface area contributed by atoms with Crippen LogP contribution in [0.2, 0.25) is 5.02 Å². The zero-order valence-corrected chi connectivity index (χ0v) is 15.9. The SMILES string of the molecule is O=C(Cc1cn(OCc2ccccc2)c2ccccc12)Nc1ccccc1Cl. The lowest BCUT2D eigenvalue weighted by molar-refractivity contribution is -0.115. The van der Waals surface area contributed by atoms with Crippen molar-refractivity contribution in [1.82, 2.24) is 4.73 Å². The van der Waals surface area contributed by atoms with Gasteiger partial charge in [0.1, 0.15) is 6.61 Å². The summed E-state index contributed by atoms with van der Waals surface area (Å²) in [7, 11) is 0. The average molecular weight is 391 g/mol. The lowest BCUT2D eigenvalue weighted by Crippen LogP contribution is -2.14. The molecule has 28 heavy (non-hydrogen) atoms.